The number of carbonyl (C=O) groups is 1. The lowest BCUT2D eigenvalue weighted by Crippen LogP contribution is -2.45. The number of likely N-dealkylation sites (N-methyl/N-ethyl adjacent to an activating group) is 1. The molecule has 0 N–H and O–H groups in total. The molecule has 0 saturated carbocycles. The lowest BCUT2D eigenvalue weighted by Gasteiger charge is -2.29. The first-order valence-corrected chi connectivity index (χ1v) is 13.8. The average molecular weight is 495 g/mol. The molecular weight excluding hydrogens is 468 g/mol. The van der Waals surface area contributed by atoms with Crippen molar-refractivity contribution in [3.63, 3.8) is 0 Å². The number of carbonyl (C=O) groups excluding carboxylic acids is 1. The number of ether oxygens (including phenoxy) is 2. The van der Waals surface area contributed by atoms with Gasteiger partial charge in [-0.2, -0.15) is 0 Å². The Morgan fingerprint density at radius 3 is 2.36 bits per heavy atom. The standard InChI is InChI=1S/C22H26N2O7S2/c1-16-3-5-17(6-4-16)24(14-22(25)23(2)18-9-12-32(26,27)15-18)33(28,29)19-7-8-20-21(13-19)31-11-10-30-20/h3-8,13,18H,9-12,14-15H2,1-2H3/t18-/m1/s1. The van der Waals surface area contributed by atoms with Crippen LogP contribution in [0.25, 0.3) is 0 Å². The topological polar surface area (TPSA) is 110 Å². The molecule has 0 aliphatic carbocycles. The first kappa shape index (κ1) is 23.4. The number of sulfone groups is 1. The molecule has 9 nitrogen and oxygen atoms in total. The second kappa shape index (κ2) is 8.86. The Bertz CT molecular complexity index is 1260. The molecule has 2 aromatic rings. The first-order chi connectivity index (χ1) is 15.6. The van der Waals surface area contributed by atoms with E-state index in [4.69, 9.17) is 9.47 Å². The van der Waals surface area contributed by atoms with Crippen molar-refractivity contribution < 1.29 is 31.1 Å². The minimum absolute atomic E-state index is 0.0203. The minimum Gasteiger partial charge on any atom is -0.486 e. The number of hydrogen-bond donors (Lipinski definition) is 0. The number of aryl methyl sites for hydroxylation is 1. The molecule has 1 amide bonds. The molecule has 2 heterocycles. The monoisotopic (exact) mass is 494 g/mol. The van der Waals surface area contributed by atoms with Crippen LogP contribution in [0.3, 0.4) is 0 Å². The summed E-state index contributed by atoms with van der Waals surface area (Å²) in [6, 6.07) is 10.7. The highest BCUT2D eigenvalue weighted by Crippen LogP contribution is 2.34. The number of rotatable bonds is 6. The van der Waals surface area contributed by atoms with Crippen molar-refractivity contribution in [2.45, 2.75) is 24.3 Å². The summed E-state index contributed by atoms with van der Waals surface area (Å²) >= 11 is 0. The molecule has 1 fully saturated rings. The molecule has 2 aromatic carbocycles. The Morgan fingerprint density at radius 1 is 1.06 bits per heavy atom. The Balaban J connectivity index is 1.66. The molecular formula is C22H26N2O7S2. The van der Waals surface area contributed by atoms with Crippen LogP contribution in [0.4, 0.5) is 5.69 Å². The van der Waals surface area contributed by atoms with E-state index in [9.17, 15) is 21.6 Å². The minimum atomic E-state index is -4.14. The van der Waals surface area contributed by atoms with E-state index in [1.165, 1.54) is 30.1 Å². The maximum absolute atomic E-state index is 13.6. The van der Waals surface area contributed by atoms with E-state index in [0.717, 1.165) is 9.87 Å². The molecule has 1 atom stereocenters. The second-order valence-corrected chi connectivity index (χ2v) is 12.3. The van der Waals surface area contributed by atoms with Gasteiger partial charge in [-0.15, -0.1) is 0 Å². The van der Waals surface area contributed by atoms with Crippen LogP contribution < -0.4 is 13.8 Å². The lowest BCUT2D eigenvalue weighted by molar-refractivity contribution is -0.129. The summed E-state index contributed by atoms with van der Waals surface area (Å²) in [7, 11) is -5.82. The summed E-state index contributed by atoms with van der Waals surface area (Å²) in [6.07, 6.45) is 0.337. The van der Waals surface area contributed by atoms with Crippen LogP contribution in [0.15, 0.2) is 47.4 Å². The third-order valence-electron chi connectivity index (χ3n) is 5.85. The van der Waals surface area contributed by atoms with Crippen molar-refractivity contribution in [1.29, 1.82) is 0 Å². The van der Waals surface area contributed by atoms with Crippen LogP contribution in [-0.4, -0.2) is 72.0 Å². The highest BCUT2D eigenvalue weighted by atomic mass is 32.2. The SMILES string of the molecule is Cc1ccc(N(CC(=O)N(C)[C@@H]2CCS(=O)(=O)C2)S(=O)(=O)c2ccc3c(c2)OCCO3)cc1. The van der Waals surface area contributed by atoms with E-state index in [1.807, 2.05) is 6.92 Å². The van der Waals surface area contributed by atoms with Crippen LogP contribution in [-0.2, 0) is 24.7 Å². The highest BCUT2D eigenvalue weighted by Gasteiger charge is 2.35. The van der Waals surface area contributed by atoms with Gasteiger partial charge in [0.05, 0.1) is 22.1 Å². The van der Waals surface area contributed by atoms with Crippen LogP contribution in [0, 0.1) is 6.92 Å². The van der Waals surface area contributed by atoms with Crippen molar-refractivity contribution in [1.82, 2.24) is 4.90 Å². The van der Waals surface area contributed by atoms with Gasteiger partial charge >= 0.3 is 0 Å². The zero-order chi connectivity index (χ0) is 23.8. The van der Waals surface area contributed by atoms with Gasteiger partial charge in [-0.25, -0.2) is 16.8 Å². The normalized spacial score (nSPS) is 19.2. The summed E-state index contributed by atoms with van der Waals surface area (Å²) in [6.45, 7) is 2.11. The van der Waals surface area contributed by atoms with E-state index in [-0.39, 0.29) is 16.4 Å². The zero-order valence-corrected chi connectivity index (χ0v) is 20.1. The Morgan fingerprint density at radius 2 is 1.73 bits per heavy atom. The number of nitrogens with zero attached hydrogens (tertiary/aromatic N) is 2. The lowest BCUT2D eigenvalue weighted by atomic mass is 10.2. The molecule has 11 heteroatoms. The molecule has 2 aliphatic rings. The molecule has 0 unspecified atom stereocenters. The van der Waals surface area contributed by atoms with Crippen molar-refractivity contribution in [3.8, 4) is 11.5 Å². The summed E-state index contributed by atoms with van der Waals surface area (Å²) in [5.74, 6) is 0.200. The predicted octanol–water partition coefficient (Wildman–Crippen LogP) is 1.61. The Kier molecular flexibility index (Phi) is 6.28. The molecule has 0 radical (unpaired) electrons. The van der Waals surface area contributed by atoms with Crippen LogP contribution in [0.1, 0.15) is 12.0 Å². The van der Waals surface area contributed by atoms with Gasteiger partial charge in [0.1, 0.15) is 19.8 Å². The van der Waals surface area contributed by atoms with Crippen molar-refractivity contribution in [2.75, 3.05) is 42.6 Å². The van der Waals surface area contributed by atoms with Gasteiger partial charge in [-0.1, -0.05) is 17.7 Å². The largest absolute Gasteiger partial charge is 0.486 e. The van der Waals surface area contributed by atoms with Gasteiger partial charge in [0, 0.05) is 19.2 Å². The number of sulfonamides is 1. The summed E-state index contributed by atoms with van der Waals surface area (Å²) < 4.78 is 63.0. The van der Waals surface area contributed by atoms with Crippen molar-refractivity contribution in [2.24, 2.45) is 0 Å². The fraction of sp³-hybridized carbons (Fsp3) is 0.409. The second-order valence-electron chi connectivity index (χ2n) is 8.21. The van der Waals surface area contributed by atoms with E-state index in [2.05, 4.69) is 0 Å². The molecule has 33 heavy (non-hydrogen) atoms. The number of hydrogen-bond acceptors (Lipinski definition) is 7. The van der Waals surface area contributed by atoms with E-state index >= 15 is 0 Å². The Labute approximate surface area is 193 Å². The van der Waals surface area contributed by atoms with E-state index < -0.39 is 38.4 Å². The third kappa shape index (κ3) is 4.93. The van der Waals surface area contributed by atoms with Gasteiger partial charge in [-0.05, 0) is 37.6 Å². The van der Waals surface area contributed by atoms with Gasteiger partial charge in [-0.3, -0.25) is 9.10 Å². The van der Waals surface area contributed by atoms with Crippen molar-refractivity contribution >= 4 is 31.5 Å². The molecule has 0 spiro atoms. The van der Waals surface area contributed by atoms with Gasteiger partial charge < -0.3 is 14.4 Å². The maximum atomic E-state index is 13.6. The van der Waals surface area contributed by atoms with Crippen LogP contribution in [0.5, 0.6) is 11.5 Å². The van der Waals surface area contributed by atoms with Gasteiger partial charge in [0.25, 0.3) is 10.0 Å². The van der Waals surface area contributed by atoms with Gasteiger partial charge in [0.15, 0.2) is 21.3 Å². The molecule has 2 aliphatic heterocycles. The molecule has 4 rings (SSSR count). The molecule has 1 saturated heterocycles. The maximum Gasteiger partial charge on any atom is 0.264 e. The Hall–Kier alpha value is -2.79. The highest BCUT2D eigenvalue weighted by molar-refractivity contribution is 7.93. The number of fused-ring (bicyclic) bond motifs is 1. The van der Waals surface area contributed by atoms with E-state index in [0.29, 0.717) is 36.8 Å². The summed E-state index contributed by atoms with van der Waals surface area (Å²) in [4.78, 5) is 14.4. The smallest absolute Gasteiger partial charge is 0.264 e. The number of amides is 1. The molecule has 0 aromatic heterocycles. The summed E-state index contributed by atoms with van der Waals surface area (Å²) in [5, 5.41) is 0. The van der Waals surface area contributed by atoms with Crippen LogP contribution in [0.2, 0.25) is 0 Å². The quantitative estimate of drug-likeness (QED) is 0.600. The third-order valence-corrected chi connectivity index (χ3v) is 9.37. The fourth-order valence-electron chi connectivity index (χ4n) is 3.86. The number of anilines is 1. The van der Waals surface area contributed by atoms with Gasteiger partial charge in [0.2, 0.25) is 5.91 Å². The average Bonchev–Trinajstić information content (AvgIpc) is 3.16. The number of benzene rings is 2. The van der Waals surface area contributed by atoms with E-state index in [1.54, 1.807) is 24.3 Å². The molecule has 0 bridgehead atoms. The fourth-order valence-corrected chi connectivity index (χ4v) is 7.06. The molecule has 178 valence electrons. The van der Waals surface area contributed by atoms with Crippen LogP contribution >= 0.6 is 0 Å². The predicted molar refractivity (Wildman–Crippen MR) is 123 cm³/mol. The first-order valence-electron chi connectivity index (χ1n) is 10.5. The summed E-state index contributed by atoms with van der Waals surface area (Å²) in [5.41, 5.74) is 1.27. The van der Waals surface area contributed by atoms with Crippen molar-refractivity contribution in [3.05, 3.63) is 48.0 Å². The zero-order valence-electron chi connectivity index (χ0n) is 18.4.